The van der Waals surface area contributed by atoms with Gasteiger partial charge in [0.1, 0.15) is 0 Å². The number of hydrogen-bond acceptors (Lipinski definition) is 4. The van der Waals surface area contributed by atoms with Crippen molar-refractivity contribution < 1.29 is 9.59 Å². The summed E-state index contributed by atoms with van der Waals surface area (Å²) in [7, 11) is 0. The first-order chi connectivity index (χ1) is 18.0. The van der Waals surface area contributed by atoms with Crippen LogP contribution in [0.5, 0.6) is 0 Å². The van der Waals surface area contributed by atoms with Crippen molar-refractivity contribution in [2.24, 2.45) is 10.7 Å². The van der Waals surface area contributed by atoms with Crippen LogP contribution in [0, 0.1) is 0 Å². The van der Waals surface area contributed by atoms with Crippen LogP contribution in [0.4, 0.5) is 4.79 Å². The second-order valence-corrected chi connectivity index (χ2v) is 9.50. The van der Waals surface area contributed by atoms with Crippen LogP contribution in [-0.2, 0) is 30.7 Å². The highest BCUT2D eigenvalue weighted by Crippen LogP contribution is 2.31. The maximum absolute atomic E-state index is 13.9. The van der Waals surface area contributed by atoms with Crippen LogP contribution >= 0.6 is 0 Å². The molecule has 1 aliphatic heterocycles. The molecule has 7 heteroatoms. The molecule has 192 valence electrons. The topological polar surface area (TPSA) is 99.8 Å². The van der Waals surface area contributed by atoms with E-state index in [0.717, 1.165) is 35.1 Å². The van der Waals surface area contributed by atoms with Crippen molar-refractivity contribution in [2.45, 2.75) is 51.2 Å². The number of unbranched alkanes of at least 4 members (excludes halogenated alkanes) is 1. The zero-order valence-corrected chi connectivity index (χ0v) is 21.3. The molecule has 0 saturated carbocycles. The smallest absolute Gasteiger partial charge is 0.315 e. The minimum atomic E-state index is -0.984. The monoisotopic (exact) mass is 497 g/mol. The van der Waals surface area contributed by atoms with E-state index in [1.165, 1.54) is 0 Å². The van der Waals surface area contributed by atoms with Gasteiger partial charge in [0.15, 0.2) is 11.5 Å². The fourth-order valence-electron chi connectivity index (χ4n) is 4.56. The van der Waals surface area contributed by atoms with Gasteiger partial charge in [0.25, 0.3) is 5.91 Å². The van der Waals surface area contributed by atoms with Crippen LogP contribution in [0.2, 0.25) is 0 Å². The third-order valence-corrected chi connectivity index (χ3v) is 6.56. The molecule has 37 heavy (non-hydrogen) atoms. The normalized spacial score (nSPS) is 14.4. The number of urea groups is 1. The first-order valence-electron chi connectivity index (χ1n) is 12.8. The Morgan fingerprint density at radius 1 is 0.838 bits per heavy atom. The number of nitrogens with zero attached hydrogens (tertiary/aromatic N) is 2. The Morgan fingerprint density at radius 2 is 1.41 bits per heavy atom. The van der Waals surface area contributed by atoms with Gasteiger partial charge in [-0.1, -0.05) is 98.3 Å². The summed E-state index contributed by atoms with van der Waals surface area (Å²) in [5.74, 6) is 0.151. The Morgan fingerprint density at radius 3 is 1.97 bits per heavy atom. The number of benzene rings is 3. The van der Waals surface area contributed by atoms with Crippen molar-refractivity contribution in [1.82, 2.24) is 15.5 Å². The third kappa shape index (κ3) is 6.76. The highest BCUT2D eigenvalue weighted by atomic mass is 16.2. The van der Waals surface area contributed by atoms with E-state index >= 15 is 0 Å². The predicted octanol–water partition coefficient (Wildman–Crippen LogP) is 4.17. The van der Waals surface area contributed by atoms with E-state index in [-0.39, 0.29) is 17.9 Å². The Labute approximate surface area is 218 Å². The van der Waals surface area contributed by atoms with Gasteiger partial charge in [-0.15, -0.1) is 0 Å². The molecule has 0 unspecified atom stereocenters. The molecule has 0 radical (unpaired) electrons. The van der Waals surface area contributed by atoms with Gasteiger partial charge in [0.2, 0.25) is 0 Å². The number of carbonyl (C=O) groups excluding carboxylic acids is 2. The molecule has 0 fully saturated rings. The molecule has 3 aromatic carbocycles. The maximum Gasteiger partial charge on any atom is 0.315 e. The molecule has 0 atom stereocenters. The highest BCUT2D eigenvalue weighted by molar-refractivity contribution is 6.07. The van der Waals surface area contributed by atoms with Crippen LogP contribution in [0.15, 0.2) is 89.9 Å². The minimum absolute atomic E-state index is 0.0906. The molecule has 4 rings (SSSR count). The summed E-state index contributed by atoms with van der Waals surface area (Å²) in [5, 5.41) is 5.71. The Kier molecular flexibility index (Phi) is 8.56. The fraction of sp³-hybridized carbons (Fsp3) is 0.300. The summed E-state index contributed by atoms with van der Waals surface area (Å²) in [6, 6.07) is 27.6. The number of aliphatic imine (C=N–C) groups is 1. The van der Waals surface area contributed by atoms with Crippen molar-refractivity contribution in [3.05, 3.63) is 107 Å². The van der Waals surface area contributed by atoms with Gasteiger partial charge < -0.3 is 16.4 Å². The molecule has 7 nitrogen and oxygen atoms in total. The molecule has 0 spiro atoms. The van der Waals surface area contributed by atoms with Gasteiger partial charge in [-0.05, 0) is 28.7 Å². The standard InChI is InChI=1S/C30H35N5O2/c1-2-3-18-32-29(37)33-21-25-14-16-26(17-15-25)22-35-27(36)30(34-28(35)31,19-23-10-6-4-7-11-23)20-24-12-8-5-9-13-24/h4-17H,2-3,18-22H2,1H3,(H2,31,34)(H2,32,33,37). The molecule has 3 aromatic rings. The maximum atomic E-state index is 13.9. The SMILES string of the molecule is CCCCNC(=O)NCc1ccc(CN2C(=O)C(Cc3ccccc3)(Cc3ccccc3)N=C2N)cc1. The van der Waals surface area contributed by atoms with Crippen LogP contribution in [-0.4, -0.2) is 34.9 Å². The second-order valence-electron chi connectivity index (χ2n) is 9.50. The Bertz CT molecular complexity index is 1170. The average molecular weight is 498 g/mol. The molecule has 4 N–H and O–H groups in total. The first-order valence-corrected chi connectivity index (χ1v) is 12.8. The minimum Gasteiger partial charge on any atom is -0.369 e. The fourth-order valence-corrected chi connectivity index (χ4v) is 4.56. The van der Waals surface area contributed by atoms with Gasteiger partial charge in [0, 0.05) is 25.9 Å². The first kappa shape index (κ1) is 25.9. The molecule has 0 bridgehead atoms. The van der Waals surface area contributed by atoms with Crippen LogP contribution in [0.3, 0.4) is 0 Å². The largest absolute Gasteiger partial charge is 0.369 e. The van der Waals surface area contributed by atoms with Gasteiger partial charge >= 0.3 is 6.03 Å². The van der Waals surface area contributed by atoms with E-state index in [1.807, 2.05) is 84.9 Å². The summed E-state index contributed by atoms with van der Waals surface area (Å²) < 4.78 is 0. The third-order valence-electron chi connectivity index (χ3n) is 6.56. The van der Waals surface area contributed by atoms with Gasteiger partial charge in [0.05, 0.1) is 6.54 Å². The number of nitrogens with one attached hydrogen (secondary N) is 2. The number of nitrogens with two attached hydrogens (primary N) is 1. The quantitative estimate of drug-likeness (QED) is 0.347. The molecule has 0 aliphatic carbocycles. The van der Waals surface area contributed by atoms with Crippen molar-refractivity contribution in [3.8, 4) is 0 Å². The molecule has 0 saturated heterocycles. The summed E-state index contributed by atoms with van der Waals surface area (Å²) in [4.78, 5) is 32.1. The average Bonchev–Trinajstić information content (AvgIpc) is 3.13. The number of hydrogen-bond donors (Lipinski definition) is 3. The number of carbonyl (C=O) groups is 2. The lowest BCUT2D eigenvalue weighted by Crippen LogP contribution is -2.46. The summed E-state index contributed by atoms with van der Waals surface area (Å²) >= 11 is 0. The van der Waals surface area contributed by atoms with Gasteiger partial charge in [-0.25, -0.2) is 9.79 Å². The van der Waals surface area contributed by atoms with Crippen LogP contribution < -0.4 is 16.4 Å². The molecule has 3 amide bonds. The van der Waals surface area contributed by atoms with E-state index in [0.29, 0.717) is 32.5 Å². The lowest BCUT2D eigenvalue weighted by Gasteiger charge is -2.26. The number of rotatable bonds is 11. The molecular weight excluding hydrogens is 462 g/mol. The highest BCUT2D eigenvalue weighted by Gasteiger charge is 2.47. The van der Waals surface area contributed by atoms with Crippen molar-refractivity contribution >= 4 is 17.9 Å². The predicted molar refractivity (Wildman–Crippen MR) is 147 cm³/mol. The zero-order valence-electron chi connectivity index (χ0n) is 21.3. The van der Waals surface area contributed by atoms with Gasteiger partial charge in [-0.2, -0.15) is 0 Å². The van der Waals surface area contributed by atoms with Crippen molar-refractivity contribution in [2.75, 3.05) is 6.54 Å². The molecule has 1 heterocycles. The van der Waals surface area contributed by atoms with Crippen molar-refractivity contribution in [3.63, 3.8) is 0 Å². The van der Waals surface area contributed by atoms with E-state index in [4.69, 9.17) is 10.7 Å². The zero-order chi connectivity index (χ0) is 26.1. The Balaban J connectivity index is 1.45. The summed E-state index contributed by atoms with van der Waals surface area (Å²) in [5.41, 5.74) is 9.38. The van der Waals surface area contributed by atoms with E-state index in [1.54, 1.807) is 4.90 Å². The summed E-state index contributed by atoms with van der Waals surface area (Å²) in [6.07, 6.45) is 2.95. The van der Waals surface area contributed by atoms with E-state index in [9.17, 15) is 9.59 Å². The molecule has 0 aromatic heterocycles. The number of amides is 3. The van der Waals surface area contributed by atoms with E-state index < -0.39 is 5.54 Å². The second kappa shape index (κ2) is 12.2. The van der Waals surface area contributed by atoms with Crippen molar-refractivity contribution in [1.29, 1.82) is 0 Å². The number of guanidine groups is 1. The van der Waals surface area contributed by atoms with Crippen LogP contribution in [0.1, 0.15) is 42.0 Å². The van der Waals surface area contributed by atoms with Crippen LogP contribution in [0.25, 0.3) is 0 Å². The molecular formula is C30H35N5O2. The summed E-state index contributed by atoms with van der Waals surface area (Å²) in [6.45, 7) is 3.53. The molecule has 1 aliphatic rings. The van der Waals surface area contributed by atoms with Gasteiger partial charge in [-0.3, -0.25) is 9.69 Å². The Hall–Kier alpha value is -4.13. The lowest BCUT2D eigenvalue weighted by atomic mass is 9.84. The van der Waals surface area contributed by atoms with E-state index in [2.05, 4.69) is 17.6 Å². The lowest BCUT2D eigenvalue weighted by molar-refractivity contribution is -0.131.